The van der Waals surface area contributed by atoms with E-state index in [4.69, 9.17) is 23.2 Å². The van der Waals surface area contributed by atoms with E-state index in [-0.39, 0.29) is 33.3 Å². The molecule has 1 saturated carbocycles. The summed E-state index contributed by atoms with van der Waals surface area (Å²) in [4.78, 5) is 13.0. The van der Waals surface area contributed by atoms with Crippen LogP contribution in [0, 0.1) is 0 Å². The van der Waals surface area contributed by atoms with Gasteiger partial charge in [0.2, 0.25) is 15.9 Å². The predicted molar refractivity (Wildman–Crippen MR) is 125 cm³/mol. The van der Waals surface area contributed by atoms with Gasteiger partial charge in [0.15, 0.2) is 0 Å². The third-order valence-electron chi connectivity index (χ3n) is 5.53. The van der Waals surface area contributed by atoms with Gasteiger partial charge in [0, 0.05) is 11.1 Å². The summed E-state index contributed by atoms with van der Waals surface area (Å²) in [5.41, 5.74) is 0.861. The molecule has 0 unspecified atom stereocenters. The van der Waals surface area contributed by atoms with Crippen LogP contribution in [0.15, 0.2) is 53.4 Å². The summed E-state index contributed by atoms with van der Waals surface area (Å²) in [5, 5.41) is 3.39. The molecule has 1 atom stereocenters. The minimum atomic E-state index is -4.06. The number of halogens is 2. The van der Waals surface area contributed by atoms with Gasteiger partial charge in [-0.1, -0.05) is 85.6 Å². The fourth-order valence-electron chi connectivity index (χ4n) is 3.87. The summed E-state index contributed by atoms with van der Waals surface area (Å²) in [6.45, 7) is 0. The van der Waals surface area contributed by atoms with Crippen LogP contribution in [0.3, 0.4) is 0 Å². The van der Waals surface area contributed by atoms with Crippen LogP contribution in [0.5, 0.6) is 0 Å². The van der Waals surface area contributed by atoms with E-state index < -0.39 is 16.1 Å². The Morgan fingerprint density at radius 1 is 0.968 bits per heavy atom. The first-order chi connectivity index (χ1) is 14.8. The topological polar surface area (TPSA) is 75.3 Å². The Hall–Kier alpha value is -1.60. The van der Waals surface area contributed by atoms with Gasteiger partial charge in [-0.2, -0.15) is 4.72 Å². The van der Waals surface area contributed by atoms with Crippen LogP contribution in [0.1, 0.15) is 50.5 Å². The maximum absolute atomic E-state index is 13.2. The lowest BCUT2D eigenvalue weighted by atomic mass is 9.96. The van der Waals surface area contributed by atoms with E-state index in [2.05, 4.69) is 10.0 Å². The molecule has 5 nitrogen and oxygen atoms in total. The average molecular weight is 483 g/mol. The predicted octanol–water partition coefficient (Wildman–Crippen LogP) is 5.11. The summed E-state index contributed by atoms with van der Waals surface area (Å²) in [7, 11) is -4.06. The number of nitrogens with one attached hydrogen (secondary N) is 2. The molecule has 0 aromatic heterocycles. The summed E-state index contributed by atoms with van der Waals surface area (Å²) in [6.07, 6.45) is 7.76. The van der Waals surface area contributed by atoms with Crippen molar-refractivity contribution in [3.63, 3.8) is 0 Å². The standard InChI is InChI=1S/C23H28Cl2N2O3S/c24-18-13-14-20(25)22(16-18)31(29,30)27-21(15-17-9-5-4-6-10-17)23(28)26-19-11-7-2-1-3-8-12-19/h4-6,9-10,13-14,16,19,21,27H,1-3,7-8,11-12,15H2,(H,26,28)/t21-/m0/s1. The second-order valence-electron chi connectivity index (χ2n) is 7.99. The molecule has 0 saturated heterocycles. The number of sulfonamides is 1. The third kappa shape index (κ3) is 7.21. The van der Waals surface area contributed by atoms with Crippen molar-refractivity contribution in [3.8, 4) is 0 Å². The van der Waals surface area contributed by atoms with Crippen LogP contribution in [-0.2, 0) is 21.2 Å². The molecule has 31 heavy (non-hydrogen) atoms. The fourth-order valence-corrected chi connectivity index (χ4v) is 5.83. The highest BCUT2D eigenvalue weighted by molar-refractivity contribution is 7.89. The van der Waals surface area contributed by atoms with Gasteiger partial charge in [-0.3, -0.25) is 4.79 Å². The number of amides is 1. The highest BCUT2D eigenvalue weighted by Crippen LogP contribution is 2.25. The lowest BCUT2D eigenvalue weighted by Gasteiger charge is -2.25. The Bertz CT molecular complexity index is 976. The van der Waals surface area contributed by atoms with E-state index in [1.165, 1.54) is 37.5 Å². The van der Waals surface area contributed by atoms with Crippen molar-refractivity contribution in [3.05, 3.63) is 64.1 Å². The number of rotatable bonds is 7. The molecule has 2 N–H and O–H groups in total. The van der Waals surface area contributed by atoms with Crippen LogP contribution in [0.25, 0.3) is 0 Å². The minimum absolute atomic E-state index is 0.0517. The number of hydrogen-bond acceptors (Lipinski definition) is 3. The summed E-state index contributed by atoms with van der Waals surface area (Å²) in [5.74, 6) is -0.323. The normalized spacial score (nSPS) is 16.8. The van der Waals surface area contributed by atoms with Crippen molar-refractivity contribution >= 4 is 39.1 Å². The van der Waals surface area contributed by atoms with Gasteiger partial charge in [0.25, 0.3) is 0 Å². The lowest BCUT2D eigenvalue weighted by molar-refractivity contribution is -0.123. The quantitative estimate of drug-likeness (QED) is 0.575. The zero-order valence-corrected chi connectivity index (χ0v) is 19.6. The Balaban J connectivity index is 1.81. The molecule has 0 aliphatic heterocycles. The Morgan fingerprint density at radius 2 is 1.61 bits per heavy atom. The molecule has 8 heteroatoms. The molecule has 1 aliphatic carbocycles. The molecule has 1 aliphatic rings. The van der Waals surface area contributed by atoms with E-state index in [0.717, 1.165) is 31.2 Å². The molecular weight excluding hydrogens is 455 g/mol. The van der Waals surface area contributed by atoms with Crippen LogP contribution in [-0.4, -0.2) is 26.4 Å². The highest BCUT2D eigenvalue weighted by atomic mass is 35.5. The van der Waals surface area contributed by atoms with Crippen LogP contribution in [0.2, 0.25) is 10.0 Å². The smallest absolute Gasteiger partial charge is 0.242 e. The first-order valence-corrected chi connectivity index (χ1v) is 12.9. The number of benzene rings is 2. The molecule has 2 aromatic rings. The molecule has 0 spiro atoms. The van der Waals surface area contributed by atoms with Crippen LogP contribution >= 0.6 is 23.2 Å². The largest absolute Gasteiger partial charge is 0.352 e. The molecule has 3 rings (SSSR count). The number of hydrogen-bond donors (Lipinski definition) is 2. The fraction of sp³-hybridized carbons (Fsp3) is 0.435. The van der Waals surface area contributed by atoms with Gasteiger partial charge < -0.3 is 5.32 Å². The van der Waals surface area contributed by atoms with Gasteiger partial charge in [0.05, 0.1) is 5.02 Å². The van der Waals surface area contributed by atoms with Gasteiger partial charge in [-0.15, -0.1) is 0 Å². The minimum Gasteiger partial charge on any atom is -0.352 e. The van der Waals surface area contributed by atoms with Crippen molar-refractivity contribution in [2.45, 2.75) is 68.3 Å². The van der Waals surface area contributed by atoms with Crippen LogP contribution < -0.4 is 10.0 Å². The molecule has 1 fully saturated rings. The summed E-state index contributed by atoms with van der Waals surface area (Å²) < 4.78 is 28.7. The van der Waals surface area contributed by atoms with Gasteiger partial charge in [-0.25, -0.2) is 8.42 Å². The van der Waals surface area contributed by atoms with Crippen molar-refractivity contribution in [1.82, 2.24) is 10.0 Å². The maximum Gasteiger partial charge on any atom is 0.242 e. The van der Waals surface area contributed by atoms with E-state index in [0.29, 0.717) is 0 Å². The summed E-state index contributed by atoms with van der Waals surface area (Å²) >= 11 is 12.1. The Kier molecular flexibility index (Phi) is 8.78. The van der Waals surface area contributed by atoms with Crippen molar-refractivity contribution in [2.75, 3.05) is 0 Å². The number of carbonyl (C=O) groups is 1. The van der Waals surface area contributed by atoms with Gasteiger partial charge in [-0.05, 0) is 43.0 Å². The van der Waals surface area contributed by atoms with E-state index >= 15 is 0 Å². The second-order valence-corrected chi connectivity index (χ2v) is 10.5. The molecule has 2 aromatic carbocycles. The zero-order valence-electron chi connectivity index (χ0n) is 17.3. The SMILES string of the molecule is O=C(NC1CCCCCCC1)[C@H](Cc1ccccc1)NS(=O)(=O)c1cc(Cl)ccc1Cl. The lowest BCUT2D eigenvalue weighted by Crippen LogP contribution is -2.50. The van der Waals surface area contributed by atoms with Gasteiger partial charge in [0.1, 0.15) is 10.9 Å². The molecule has 0 radical (unpaired) electrons. The summed E-state index contributed by atoms with van der Waals surface area (Å²) in [6, 6.07) is 12.7. The average Bonchev–Trinajstić information content (AvgIpc) is 2.71. The molecule has 1 amide bonds. The Morgan fingerprint density at radius 3 is 2.29 bits per heavy atom. The monoisotopic (exact) mass is 482 g/mol. The third-order valence-corrected chi connectivity index (χ3v) is 7.72. The molecule has 0 bridgehead atoms. The first-order valence-electron chi connectivity index (χ1n) is 10.7. The maximum atomic E-state index is 13.2. The van der Waals surface area contributed by atoms with E-state index in [1.807, 2.05) is 30.3 Å². The Labute approximate surface area is 194 Å². The van der Waals surface area contributed by atoms with Crippen LogP contribution in [0.4, 0.5) is 0 Å². The van der Waals surface area contributed by atoms with E-state index in [1.54, 1.807) is 0 Å². The first kappa shape index (κ1) is 24.1. The van der Waals surface area contributed by atoms with Crippen molar-refractivity contribution < 1.29 is 13.2 Å². The zero-order chi connectivity index (χ0) is 22.3. The molecule has 168 valence electrons. The second kappa shape index (κ2) is 11.3. The molecular formula is C23H28Cl2N2O3S. The molecule has 0 heterocycles. The number of carbonyl (C=O) groups excluding carboxylic acids is 1. The van der Waals surface area contributed by atoms with Crippen molar-refractivity contribution in [2.24, 2.45) is 0 Å². The van der Waals surface area contributed by atoms with Crippen molar-refractivity contribution in [1.29, 1.82) is 0 Å². The highest BCUT2D eigenvalue weighted by Gasteiger charge is 2.29. The van der Waals surface area contributed by atoms with E-state index in [9.17, 15) is 13.2 Å². The van der Waals surface area contributed by atoms with Gasteiger partial charge >= 0.3 is 0 Å².